The molecule has 3 heterocycles. The Bertz CT molecular complexity index is 1270. The summed E-state index contributed by atoms with van der Waals surface area (Å²) in [5, 5.41) is 15.6. The molecule has 1 amide bonds. The molecule has 1 aliphatic heterocycles. The second kappa shape index (κ2) is 11.8. The molecule has 0 fully saturated rings. The smallest absolute Gasteiger partial charge is 0.327 e. The Labute approximate surface area is 219 Å². The van der Waals surface area contributed by atoms with E-state index in [2.05, 4.69) is 32.5 Å². The number of hydrogen-bond acceptors (Lipinski definition) is 6. The van der Waals surface area contributed by atoms with Crippen molar-refractivity contribution in [2.24, 2.45) is 0 Å². The Hall–Kier alpha value is -3.34. The molecule has 0 bridgehead atoms. The number of anilines is 1. The molecule has 1 aliphatic rings. The predicted octanol–water partition coefficient (Wildman–Crippen LogP) is 2.97. The van der Waals surface area contributed by atoms with Crippen LogP contribution in [0.25, 0.3) is 0 Å². The van der Waals surface area contributed by atoms with Gasteiger partial charge in [0.05, 0.1) is 11.4 Å². The summed E-state index contributed by atoms with van der Waals surface area (Å²) in [5.74, 6) is -0.660. The Morgan fingerprint density at radius 2 is 1.92 bits per heavy atom. The van der Waals surface area contributed by atoms with Crippen molar-refractivity contribution in [2.45, 2.75) is 57.4 Å². The molecule has 4 rings (SSSR count). The fourth-order valence-corrected chi connectivity index (χ4v) is 5.87. The Kier molecular flexibility index (Phi) is 8.52. The first-order valence-corrected chi connectivity index (χ1v) is 13.5. The summed E-state index contributed by atoms with van der Waals surface area (Å²) >= 11 is -1.74. The van der Waals surface area contributed by atoms with Crippen molar-refractivity contribution < 1.29 is 19.2 Å². The van der Waals surface area contributed by atoms with Gasteiger partial charge in [-0.3, -0.25) is 9.59 Å². The van der Waals surface area contributed by atoms with Crippen LogP contribution in [0, 0.1) is 20.8 Å². The first kappa shape index (κ1) is 26.7. The largest absolute Gasteiger partial charge is 0.593 e. The number of fused-ring (bicyclic) bond motifs is 1. The van der Waals surface area contributed by atoms with E-state index in [0.29, 0.717) is 17.0 Å². The second-order valence-corrected chi connectivity index (χ2v) is 10.7. The molecule has 0 spiro atoms. The summed E-state index contributed by atoms with van der Waals surface area (Å²) in [6, 6.07) is 8.52. The van der Waals surface area contributed by atoms with Gasteiger partial charge in [-0.2, -0.15) is 0 Å². The number of carbonyl (C=O) groups is 2. The minimum absolute atomic E-state index is 0.218. The van der Waals surface area contributed by atoms with E-state index in [-0.39, 0.29) is 6.54 Å². The van der Waals surface area contributed by atoms with Gasteiger partial charge in [0.25, 0.3) is 5.91 Å². The van der Waals surface area contributed by atoms with Crippen LogP contribution in [0.2, 0.25) is 0 Å². The maximum Gasteiger partial charge on any atom is 0.327 e. The maximum atomic E-state index is 12.9. The van der Waals surface area contributed by atoms with Crippen LogP contribution >= 0.6 is 0 Å². The van der Waals surface area contributed by atoms with Gasteiger partial charge in [-0.15, -0.1) is 4.72 Å². The lowest BCUT2D eigenvalue weighted by molar-refractivity contribution is -0.138. The number of aryl methyl sites for hydroxylation is 6. The number of H-pyrrole nitrogens is 1. The fourth-order valence-electron chi connectivity index (χ4n) is 4.61. The van der Waals surface area contributed by atoms with Crippen molar-refractivity contribution >= 4 is 29.1 Å². The number of rotatable bonds is 10. The molecule has 0 radical (unpaired) electrons. The van der Waals surface area contributed by atoms with Crippen molar-refractivity contribution in [3.8, 4) is 0 Å². The third-order valence-corrected chi connectivity index (χ3v) is 7.93. The van der Waals surface area contributed by atoms with Gasteiger partial charge in [-0.25, -0.2) is 4.98 Å². The van der Waals surface area contributed by atoms with Crippen LogP contribution < -0.4 is 15.4 Å². The molecule has 2 atom stereocenters. The van der Waals surface area contributed by atoms with Gasteiger partial charge in [0, 0.05) is 36.1 Å². The number of aromatic amines is 1. The highest BCUT2D eigenvalue weighted by molar-refractivity contribution is 7.89. The number of benzene rings is 1. The van der Waals surface area contributed by atoms with E-state index in [4.69, 9.17) is 4.98 Å². The minimum atomic E-state index is -1.74. The molecule has 37 heavy (non-hydrogen) atoms. The summed E-state index contributed by atoms with van der Waals surface area (Å²) in [7, 11) is 0. The Morgan fingerprint density at radius 1 is 1.16 bits per heavy atom. The quantitative estimate of drug-likeness (QED) is 0.257. The first-order valence-electron chi connectivity index (χ1n) is 12.4. The topological polar surface area (TPSA) is 142 Å². The van der Waals surface area contributed by atoms with Crippen molar-refractivity contribution in [1.29, 1.82) is 0 Å². The molecule has 5 N–H and O–H groups in total. The van der Waals surface area contributed by atoms with E-state index in [1.165, 1.54) is 5.56 Å². The first-order chi connectivity index (χ1) is 17.7. The van der Waals surface area contributed by atoms with Gasteiger partial charge >= 0.3 is 5.97 Å². The number of aromatic nitrogens is 2. The summed E-state index contributed by atoms with van der Waals surface area (Å²) in [4.78, 5) is 32.7. The van der Waals surface area contributed by atoms with Gasteiger partial charge in [0.2, 0.25) is 0 Å². The number of amides is 1. The SMILES string of the molecule is Cc1cc(C)c([S+]([O-])NC(CNC(=O)c2cc(CCc3ccc4c(n3)NCCC4)c[nH]2)C(=O)O)c(C)c1. The lowest BCUT2D eigenvalue weighted by atomic mass is 10.1. The van der Waals surface area contributed by atoms with Crippen LogP contribution in [0.1, 0.15) is 50.4 Å². The molecule has 2 aromatic heterocycles. The van der Waals surface area contributed by atoms with Crippen LogP contribution in [0.5, 0.6) is 0 Å². The maximum absolute atomic E-state index is 12.9. The summed E-state index contributed by atoms with van der Waals surface area (Å²) < 4.78 is 15.5. The molecule has 3 aromatic rings. The molecule has 0 saturated heterocycles. The second-order valence-electron chi connectivity index (χ2n) is 9.48. The van der Waals surface area contributed by atoms with E-state index in [1.54, 1.807) is 12.3 Å². The molecule has 0 aliphatic carbocycles. The van der Waals surface area contributed by atoms with Gasteiger partial charge in [-0.1, -0.05) is 23.8 Å². The zero-order valence-corrected chi connectivity index (χ0v) is 22.1. The van der Waals surface area contributed by atoms with E-state index < -0.39 is 29.3 Å². The lowest BCUT2D eigenvalue weighted by Crippen LogP contribution is -2.48. The van der Waals surface area contributed by atoms with Crippen molar-refractivity contribution in [3.63, 3.8) is 0 Å². The van der Waals surface area contributed by atoms with Crippen LogP contribution in [0.3, 0.4) is 0 Å². The molecular weight excluding hydrogens is 490 g/mol. The van der Waals surface area contributed by atoms with Crippen LogP contribution in [-0.2, 0) is 35.4 Å². The van der Waals surface area contributed by atoms with E-state index in [0.717, 1.165) is 59.6 Å². The third kappa shape index (κ3) is 6.71. The van der Waals surface area contributed by atoms with Crippen molar-refractivity contribution in [2.75, 3.05) is 18.4 Å². The number of carboxylic acid groups (broad SMARTS) is 1. The molecule has 9 nitrogen and oxygen atoms in total. The van der Waals surface area contributed by atoms with Gasteiger partial charge in [0.1, 0.15) is 11.5 Å². The molecule has 1 aromatic carbocycles. The highest BCUT2D eigenvalue weighted by Crippen LogP contribution is 2.22. The van der Waals surface area contributed by atoms with Gasteiger partial charge < -0.3 is 25.3 Å². The van der Waals surface area contributed by atoms with E-state index in [9.17, 15) is 19.2 Å². The van der Waals surface area contributed by atoms with E-state index in [1.807, 2.05) is 32.9 Å². The Morgan fingerprint density at radius 3 is 2.65 bits per heavy atom. The average Bonchev–Trinajstić information content (AvgIpc) is 3.33. The number of hydrogen-bond donors (Lipinski definition) is 5. The minimum Gasteiger partial charge on any atom is -0.593 e. The van der Waals surface area contributed by atoms with Gasteiger partial charge in [0.15, 0.2) is 10.9 Å². The molecule has 2 unspecified atom stereocenters. The predicted molar refractivity (Wildman–Crippen MR) is 143 cm³/mol. The fraction of sp³-hybridized carbons (Fsp3) is 0.370. The van der Waals surface area contributed by atoms with Crippen LogP contribution in [-0.4, -0.2) is 50.6 Å². The summed E-state index contributed by atoms with van der Waals surface area (Å²) in [6.07, 6.45) is 5.39. The third-order valence-electron chi connectivity index (χ3n) is 6.41. The van der Waals surface area contributed by atoms with Gasteiger partial charge in [-0.05, 0) is 69.7 Å². The van der Waals surface area contributed by atoms with E-state index >= 15 is 0 Å². The number of pyridine rings is 1. The highest BCUT2D eigenvalue weighted by atomic mass is 32.2. The number of carboxylic acids is 1. The van der Waals surface area contributed by atoms with Crippen LogP contribution in [0.4, 0.5) is 5.82 Å². The Balaban J connectivity index is 1.31. The molecule has 10 heteroatoms. The normalized spacial score (nSPS) is 14.4. The zero-order valence-electron chi connectivity index (χ0n) is 21.3. The summed E-state index contributed by atoms with van der Waals surface area (Å²) in [5.41, 5.74) is 6.21. The average molecular weight is 524 g/mol. The monoisotopic (exact) mass is 523 g/mol. The summed E-state index contributed by atoms with van der Waals surface area (Å²) in [6.45, 7) is 6.36. The zero-order chi connectivity index (χ0) is 26.5. The molecular formula is C27H33N5O4S. The van der Waals surface area contributed by atoms with Crippen LogP contribution in [0.15, 0.2) is 41.4 Å². The molecule has 196 valence electrons. The standard InChI is InChI=1S/C27H33N5O4S/c1-16-11-17(2)24(18(3)12-16)37(36)32-23(27(34)35)15-30-26(33)22-13-19(14-29-22)6-8-21-9-7-20-5-4-10-28-25(20)31-21/h7,9,11-14,23,29,32H,4-6,8,10,15H2,1-3H3,(H,28,31)(H,30,33)(H,34,35). The number of nitrogens with zero attached hydrogens (tertiary/aromatic N) is 1. The number of nitrogens with one attached hydrogen (secondary N) is 4. The van der Waals surface area contributed by atoms with Crippen molar-refractivity contribution in [1.82, 2.24) is 20.0 Å². The number of aliphatic carboxylic acids is 1. The van der Waals surface area contributed by atoms with Crippen molar-refractivity contribution in [3.05, 3.63) is 75.7 Å². The lowest BCUT2D eigenvalue weighted by Gasteiger charge is -2.19. The highest BCUT2D eigenvalue weighted by Gasteiger charge is 2.28. The number of carbonyl (C=O) groups excluding carboxylic acids is 1. The molecule has 0 saturated carbocycles.